The molecular weight excluding hydrogens is 217 g/mol. The number of hydrogen-bond donors (Lipinski definition) is 1. The third kappa shape index (κ3) is 2.25. The SMILES string of the molecule is CCN1C(N)=NCC1(C)Cc1cccc(F)c1. The van der Waals surface area contributed by atoms with Crippen LogP contribution in [0.1, 0.15) is 19.4 Å². The normalized spacial score (nSPS) is 23.9. The summed E-state index contributed by atoms with van der Waals surface area (Å²) < 4.78 is 13.2. The molecule has 0 bridgehead atoms. The molecule has 1 unspecified atom stereocenters. The minimum Gasteiger partial charge on any atom is -0.370 e. The second-order valence-electron chi connectivity index (χ2n) is 4.72. The van der Waals surface area contributed by atoms with Crippen LogP contribution in [0, 0.1) is 5.82 Å². The molecule has 0 spiro atoms. The van der Waals surface area contributed by atoms with Crippen LogP contribution in [0.4, 0.5) is 4.39 Å². The molecule has 2 N–H and O–H groups in total. The van der Waals surface area contributed by atoms with E-state index < -0.39 is 0 Å². The number of aliphatic imine (C=N–C) groups is 1. The maximum atomic E-state index is 13.2. The molecule has 1 aliphatic rings. The number of halogens is 1. The fraction of sp³-hybridized carbons (Fsp3) is 0.462. The van der Waals surface area contributed by atoms with Gasteiger partial charge in [0.1, 0.15) is 5.82 Å². The summed E-state index contributed by atoms with van der Waals surface area (Å²) in [6, 6.07) is 6.72. The van der Waals surface area contributed by atoms with Crippen LogP contribution in [0.25, 0.3) is 0 Å². The molecule has 0 amide bonds. The van der Waals surface area contributed by atoms with Crippen LogP contribution in [0.3, 0.4) is 0 Å². The predicted molar refractivity (Wildman–Crippen MR) is 67.4 cm³/mol. The Kier molecular flexibility index (Phi) is 3.05. The summed E-state index contributed by atoms with van der Waals surface area (Å²) in [6.07, 6.45) is 0.753. The van der Waals surface area contributed by atoms with Gasteiger partial charge < -0.3 is 10.6 Å². The van der Waals surface area contributed by atoms with Gasteiger partial charge in [0.25, 0.3) is 0 Å². The van der Waals surface area contributed by atoms with Gasteiger partial charge in [-0.15, -0.1) is 0 Å². The Hall–Kier alpha value is -1.58. The second kappa shape index (κ2) is 4.35. The Morgan fingerprint density at radius 3 is 2.94 bits per heavy atom. The summed E-state index contributed by atoms with van der Waals surface area (Å²) in [6.45, 7) is 5.66. The molecule has 0 fully saturated rings. The Labute approximate surface area is 101 Å². The molecule has 3 nitrogen and oxygen atoms in total. The highest BCUT2D eigenvalue weighted by molar-refractivity contribution is 5.81. The molecule has 1 aromatic carbocycles. The van der Waals surface area contributed by atoms with Gasteiger partial charge in [-0.05, 0) is 38.0 Å². The summed E-state index contributed by atoms with van der Waals surface area (Å²) in [7, 11) is 0. The molecule has 2 rings (SSSR count). The van der Waals surface area contributed by atoms with Crippen molar-refractivity contribution in [3.63, 3.8) is 0 Å². The van der Waals surface area contributed by atoms with Gasteiger partial charge in [0.05, 0.1) is 12.1 Å². The second-order valence-corrected chi connectivity index (χ2v) is 4.72. The minimum absolute atomic E-state index is 0.132. The van der Waals surface area contributed by atoms with E-state index >= 15 is 0 Å². The van der Waals surface area contributed by atoms with Crippen molar-refractivity contribution in [1.29, 1.82) is 0 Å². The highest BCUT2D eigenvalue weighted by Gasteiger charge is 2.36. The standard InChI is InChI=1S/C13H18FN3/c1-3-17-12(15)16-9-13(17,2)8-10-5-4-6-11(14)7-10/h4-7H,3,8-9H2,1-2H3,(H2,15,16). The molecule has 17 heavy (non-hydrogen) atoms. The quantitative estimate of drug-likeness (QED) is 0.867. The molecule has 1 aliphatic heterocycles. The van der Waals surface area contributed by atoms with Crippen LogP contribution in [0.5, 0.6) is 0 Å². The number of rotatable bonds is 3. The van der Waals surface area contributed by atoms with Crippen molar-refractivity contribution in [3.8, 4) is 0 Å². The first-order valence-corrected chi connectivity index (χ1v) is 5.87. The van der Waals surface area contributed by atoms with Crippen LogP contribution in [0.15, 0.2) is 29.3 Å². The zero-order chi connectivity index (χ0) is 12.5. The van der Waals surface area contributed by atoms with Gasteiger partial charge in [-0.2, -0.15) is 0 Å². The van der Waals surface area contributed by atoms with Gasteiger partial charge in [-0.3, -0.25) is 4.99 Å². The Bertz CT molecular complexity index is 444. The van der Waals surface area contributed by atoms with E-state index in [1.165, 1.54) is 6.07 Å². The first kappa shape index (κ1) is 11.9. The summed E-state index contributed by atoms with van der Waals surface area (Å²) in [4.78, 5) is 6.37. The van der Waals surface area contributed by atoms with Crippen molar-refractivity contribution in [2.24, 2.45) is 10.7 Å². The molecule has 0 aliphatic carbocycles. The van der Waals surface area contributed by atoms with Crippen LogP contribution in [-0.4, -0.2) is 29.5 Å². The number of nitrogens with zero attached hydrogens (tertiary/aromatic N) is 2. The maximum absolute atomic E-state index is 13.2. The van der Waals surface area contributed by atoms with E-state index in [4.69, 9.17) is 5.73 Å². The lowest BCUT2D eigenvalue weighted by Crippen LogP contribution is -2.50. The molecule has 4 heteroatoms. The largest absolute Gasteiger partial charge is 0.370 e. The lowest BCUT2D eigenvalue weighted by atomic mass is 9.92. The Balaban J connectivity index is 2.18. The summed E-state index contributed by atoms with van der Waals surface area (Å²) in [5, 5.41) is 0. The molecule has 1 atom stereocenters. The van der Waals surface area contributed by atoms with E-state index in [-0.39, 0.29) is 11.4 Å². The first-order chi connectivity index (χ1) is 8.05. The third-order valence-corrected chi connectivity index (χ3v) is 3.30. The summed E-state index contributed by atoms with van der Waals surface area (Å²) in [5.74, 6) is 0.396. The number of benzene rings is 1. The van der Waals surface area contributed by atoms with Crippen molar-refractivity contribution in [3.05, 3.63) is 35.6 Å². The average Bonchev–Trinajstić information content (AvgIpc) is 2.54. The average molecular weight is 235 g/mol. The summed E-state index contributed by atoms with van der Waals surface area (Å²) >= 11 is 0. The maximum Gasteiger partial charge on any atom is 0.191 e. The highest BCUT2D eigenvalue weighted by Crippen LogP contribution is 2.25. The molecule has 1 heterocycles. The Morgan fingerprint density at radius 2 is 2.29 bits per heavy atom. The molecule has 0 radical (unpaired) electrons. The van der Waals surface area contributed by atoms with E-state index in [2.05, 4.69) is 23.7 Å². The zero-order valence-electron chi connectivity index (χ0n) is 10.3. The van der Waals surface area contributed by atoms with Gasteiger partial charge in [0.15, 0.2) is 5.96 Å². The van der Waals surface area contributed by atoms with Gasteiger partial charge in [0, 0.05) is 6.54 Å². The summed E-state index contributed by atoms with van der Waals surface area (Å²) in [5.41, 5.74) is 6.70. The van der Waals surface area contributed by atoms with Crippen molar-refractivity contribution in [2.75, 3.05) is 13.1 Å². The molecule has 1 aromatic rings. The predicted octanol–water partition coefficient (Wildman–Crippen LogP) is 1.78. The van der Waals surface area contributed by atoms with E-state index in [0.717, 1.165) is 18.5 Å². The zero-order valence-corrected chi connectivity index (χ0v) is 10.3. The number of guanidine groups is 1. The van der Waals surface area contributed by atoms with Crippen LogP contribution in [0.2, 0.25) is 0 Å². The first-order valence-electron chi connectivity index (χ1n) is 5.87. The molecule has 0 saturated heterocycles. The van der Waals surface area contributed by atoms with Gasteiger partial charge in [0.2, 0.25) is 0 Å². The van der Waals surface area contributed by atoms with E-state index in [9.17, 15) is 4.39 Å². The van der Waals surface area contributed by atoms with Crippen molar-refractivity contribution in [2.45, 2.75) is 25.8 Å². The van der Waals surface area contributed by atoms with Crippen molar-refractivity contribution in [1.82, 2.24) is 4.90 Å². The molecule has 0 saturated carbocycles. The number of hydrogen-bond acceptors (Lipinski definition) is 3. The lowest BCUT2D eigenvalue weighted by molar-refractivity contribution is 0.230. The molecule has 0 aromatic heterocycles. The van der Waals surface area contributed by atoms with Gasteiger partial charge in [-0.1, -0.05) is 12.1 Å². The van der Waals surface area contributed by atoms with Crippen LogP contribution >= 0.6 is 0 Å². The van der Waals surface area contributed by atoms with Crippen LogP contribution < -0.4 is 5.73 Å². The van der Waals surface area contributed by atoms with E-state index in [0.29, 0.717) is 12.5 Å². The Morgan fingerprint density at radius 1 is 1.53 bits per heavy atom. The molecule has 92 valence electrons. The number of likely N-dealkylation sites (N-methyl/N-ethyl adjacent to an activating group) is 1. The van der Waals surface area contributed by atoms with Crippen molar-refractivity contribution < 1.29 is 4.39 Å². The van der Waals surface area contributed by atoms with E-state index in [1.54, 1.807) is 12.1 Å². The highest BCUT2D eigenvalue weighted by atomic mass is 19.1. The fourth-order valence-electron chi connectivity index (χ4n) is 2.48. The molecular formula is C13H18FN3. The van der Waals surface area contributed by atoms with Crippen molar-refractivity contribution >= 4 is 5.96 Å². The smallest absolute Gasteiger partial charge is 0.191 e. The van der Waals surface area contributed by atoms with Gasteiger partial charge >= 0.3 is 0 Å². The lowest BCUT2D eigenvalue weighted by Gasteiger charge is -2.35. The monoisotopic (exact) mass is 235 g/mol. The third-order valence-electron chi connectivity index (χ3n) is 3.30. The van der Waals surface area contributed by atoms with Gasteiger partial charge in [-0.25, -0.2) is 4.39 Å². The minimum atomic E-state index is -0.193. The van der Waals surface area contributed by atoms with Crippen LogP contribution in [-0.2, 0) is 6.42 Å². The fourth-order valence-corrected chi connectivity index (χ4v) is 2.48. The number of nitrogens with two attached hydrogens (primary N) is 1. The van der Waals surface area contributed by atoms with E-state index in [1.807, 2.05) is 6.07 Å². The topological polar surface area (TPSA) is 41.6 Å².